The molecular weight excluding hydrogens is 582 g/mol. The summed E-state index contributed by atoms with van der Waals surface area (Å²) in [6.45, 7) is 4.13. The Bertz CT molecular complexity index is 694. The molecule has 0 heterocycles. The van der Waals surface area contributed by atoms with Crippen molar-refractivity contribution in [2.24, 2.45) is 0 Å². The van der Waals surface area contributed by atoms with Crippen molar-refractivity contribution in [1.29, 1.82) is 0 Å². The number of hydrogen-bond donors (Lipinski definition) is 4. The van der Waals surface area contributed by atoms with Gasteiger partial charge in [0.2, 0.25) is 5.91 Å². The second-order valence-electron chi connectivity index (χ2n) is 14.2. The van der Waals surface area contributed by atoms with E-state index in [1.807, 2.05) is 0 Å². The molecule has 47 heavy (non-hydrogen) atoms. The second-order valence-corrected chi connectivity index (χ2v) is 14.2. The first kappa shape index (κ1) is 45.8. The van der Waals surface area contributed by atoms with Crippen LogP contribution in [-0.2, 0) is 4.79 Å². The average molecular weight is 664 g/mol. The quantitative estimate of drug-likeness (QED) is 0.0393. The normalized spacial score (nSPS) is 13.9. The summed E-state index contributed by atoms with van der Waals surface area (Å²) in [7, 11) is 0. The van der Waals surface area contributed by atoms with Crippen LogP contribution in [0.5, 0.6) is 0 Å². The summed E-state index contributed by atoms with van der Waals surface area (Å²) in [5.74, 6) is -0.160. The molecule has 3 atom stereocenters. The minimum atomic E-state index is -1.16. The summed E-state index contributed by atoms with van der Waals surface area (Å²) in [5.41, 5.74) is 0. The smallest absolute Gasteiger partial charge is 0.220 e. The van der Waals surface area contributed by atoms with Crippen LogP contribution in [0.15, 0.2) is 24.3 Å². The Morgan fingerprint density at radius 2 is 0.851 bits per heavy atom. The van der Waals surface area contributed by atoms with E-state index in [9.17, 15) is 20.1 Å². The van der Waals surface area contributed by atoms with E-state index in [1.165, 1.54) is 148 Å². The Morgan fingerprint density at radius 3 is 1.23 bits per heavy atom. The third-order valence-corrected chi connectivity index (χ3v) is 9.53. The van der Waals surface area contributed by atoms with Gasteiger partial charge in [0.05, 0.1) is 18.8 Å². The summed E-state index contributed by atoms with van der Waals surface area (Å²) in [6, 6.07) is -0.824. The molecule has 0 spiro atoms. The minimum Gasteiger partial charge on any atom is -0.394 e. The van der Waals surface area contributed by atoms with E-state index in [1.54, 1.807) is 0 Å². The SMILES string of the molecule is CCCCCCC/C=C/CCCC(O)C(O)C(CO)NC(=O)CCCCCCCCC/C=C\CCCCCCCCCCCCCC. The lowest BCUT2D eigenvalue weighted by molar-refractivity contribution is -0.124. The number of nitrogens with one attached hydrogen (secondary N) is 1. The fraction of sp³-hybridized carbons (Fsp3) is 0.881. The van der Waals surface area contributed by atoms with Gasteiger partial charge in [0.15, 0.2) is 0 Å². The zero-order valence-electron chi connectivity index (χ0n) is 31.4. The Morgan fingerprint density at radius 1 is 0.511 bits per heavy atom. The highest BCUT2D eigenvalue weighted by Crippen LogP contribution is 2.15. The van der Waals surface area contributed by atoms with Crippen LogP contribution in [0.1, 0.15) is 213 Å². The van der Waals surface area contributed by atoms with E-state index >= 15 is 0 Å². The molecule has 0 rings (SSSR count). The molecule has 0 aliphatic rings. The molecule has 5 nitrogen and oxygen atoms in total. The van der Waals surface area contributed by atoms with Crippen LogP contribution < -0.4 is 5.32 Å². The standard InChI is InChI=1S/C42H81NO4/c1-3-5-7-9-11-13-15-16-17-18-19-20-21-22-23-24-25-26-27-29-31-33-35-37-41(46)43-39(38-44)42(47)40(45)36-34-32-30-28-14-12-10-8-6-4-2/h22-23,28,30,39-40,42,44-45,47H,3-21,24-27,29,31-38H2,1-2H3,(H,43,46)/b23-22-,30-28+. The molecule has 278 valence electrons. The maximum absolute atomic E-state index is 12.4. The molecule has 0 saturated carbocycles. The van der Waals surface area contributed by atoms with Crippen molar-refractivity contribution in [3.8, 4) is 0 Å². The molecule has 1 amide bonds. The van der Waals surface area contributed by atoms with E-state index in [-0.39, 0.29) is 12.5 Å². The van der Waals surface area contributed by atoms with Gasteiger partial charge in [-0.05, 0) is 64.2 Å². The highest BCUT2D eigenvalue weighted by molar-refractivity contribution is 5.76. The number of rotatable bonds is 37. The molecule has 0 radical (unpaired) electrons. The molecule has 0 bridgehead atoms. The average Bonchev–Trinajstić information content (AvgIpc) is 3.07. The molecule has 4 N–H and O–H groups in total. The largest absolute Gasteiger partial charge is 0.394 e. The number of carbonyl (C=O) groups excluding carboxylic acids is 1. The first-order valence-corrected chi connectivity index (χ1v) is 20.6. The highest BCUT2D eigenvalue weighted by atomic mass is 16.3. The molecular formula is C42H81NO4. The fourth-order valence-corrected chi connectivity index (χ4v) is 6.27. The van der Waals surface area contributed by atoms with Gasteiger partial charge >= 0.3 is 0 Å². The van der Waals surface area contributed by atoms with Gasteiger partial charge in [-0.15, -0.1) is 0 Å². The lowest BCUT2D eigenvalue weighted by atomic mass is 10.0. The summed E-state index contributed by atoms with van der Waals surface area (Å²) < 4.78 is 0. The number of aliphatic hydroxyl groups excluding tert-OH is 3. The first-order valence-electron chi connectivity index (χ1n) is 20.6. The van der Waals surface area contributed by atoms with Crippen molar-refractivity contribution in [3.63, 3.8) is 0 Å². The van der Waals surface area contributed by atoms with Crippen LogP contribution in [-0.4, -0.2) is 46.1 Å². The molecule has 0 aliphatic carbocycles. The van der Waals surface area contributed by atoms with E-state index in [0.717, 1.165) is 38.5 Å². The predicted molar refractivity (Wildman–Crippen MR) is 204 cm³/mol. The molecule has 3 unspecified atom stereocenters. The van der Waals surface area contributed by atoms with Gasteiger partial charge in [-0.1, -0.05) is 167 Å². The molecule has 0 aromatic heterocycles. The minimum absolute atomic E-state index is 0.160. The molecule has 0 fully saturated rings. The summed E-state index contributed by atoms with van der Waals surface area (Å²) in [5, 5.41) is 33.3. The lowest BCUT2D eigenvalue weighted by Gasteiger charge is -2.26. The summed E-state index contributed by atoms with van der Waals surface area (Å²) in [4.78, 5) is 12.4. The maximum atomic E-state index is 12.4. The Labute approximate surface area is 292 Å². The number of hydrogen-bond acceptors (Lipinski definition) is 4. The Kier molecular flexibility index (Phi) is 36.7. The lowest BCUT2D eigenvalue weighted by Crippen LogP contribution is -2.50. The van der Waals surface area contributed by atoms with Crippen LogP contribution in [0, 0.1) is 0 Å². The van der Waals surface area contributed by atoms with E-state index < -0.39 is 18.2 Å². The van der Waals surface area contributed by atoms with Crippen LogP contribution in [0.25, 0.3) is 0 Å². The number of carbonyl (C=O) groups is 1. The van der Waals surface area contributed by atoms with Gasteiger partial charge in [0, 0.05) is 6.42 Å². The van der Waals surface area contributed by atoms with Crippen LogP contribution in [0.2, 0.25) is 0 Å². The van der Waals surface area contributed by atoms with Crippen LogP contribution in [0.3, 0.4) is 0 Å². The van der Waals surface area contributed by atoms with E-state index in [4.69, 9.17) is 0 Å². The number of allylic oxidation sites excluding steroid dienone is 4. The van der Waals surface area contributed by atoms with Gasteiger partial charge in [0.1, 0.15) is 6.10 Å². The van der Waals surface area contributed by atoms with Crippen LogP contribution >= 0.6 is 0 Å². The molecule has 0 saturated heterocycles. The second kappa shape index (κ2) is 37.6. The summed E-state index contributed by atoms with van der Waals surface area (Å²) >= 11 is 0. The summed E-state index contributed by atoms with van der Waals surface area (Å²) in [6.07, 6.45) is 44.4. The Balaban J connectivity index is 3.61. The molecule has 5 heteroatoms. The van der Waals surface area contributed by atoms with E-state index in [0.29, 0.717) is 12.8 Å². The third-order valence-electron chi connectivity index (χ3n) is 9.53. The number of unbranched alkanes of at least 4 members (excludes halogenated alkanes) is 25. The monoisotopic (exact) mass is 664 g/mol. The maximum Gasteiger partial charge on any atom is 0.220 e. The number of aliphatic hydroxyl groups is 3. The highest BCUT2D eigenvalue weighted by Gasteiger charge is 2.26. The molecule has 0 aromatic carbocycles. The first-order chi connectivity index (χ1) is 23.1. The zero-order chi connectivity index (χ0) is 34.5. The third kappa shape index (κ3) is 33.1. The van der Waals surface area contributed by atoms with Gasteiger partial charge < -0.3 is 20.6 Å². The topological polar surface area (TPSA) is 89.8 Å². The molecule has 0 aliphatic heterocycles. The van der Waals surface area contributed by atoms with Crippen LogP contribution in [0.4, 0.5) is 0 Å². The van der Waals surface area contributed by atoms with Gasteiger partial charge in [-0.25, -0.2) is 0 Å². The van der Waals surface area contributed by atoms with Crippen molar-refractivity contribution in [3.05, 3.63) is 24.3 Å². The van der Waals surface area contributed by atoms with Gasteiger partial charge in [0.25, 0.3) is 0 Å². The predicted octanol–water partition coefficient (Wildman–Crippen LogP) is 11.4. The fourth-order valence-electron chi connectivity index (χ4n) is 6.27. The zero-order valence-corrected chi connectivity index (χ0v) is 31.4. The van der Waals surface area contributed by atoms with Crippen molar-refractivity contribution in [1.82, 2.24) is 5.32 Å². The van der Waals surface area contributed by atoms with Crippen molar-refractivity contribution < 1.29 is 20.1 Å². The van der Waals surface area contributed by atoms with E-state index in [2.05, 4.69) is 43.5 Å². The Hall–Kier alpha value is -1.17. The molecule has 0 aromatic rings. The van der Waals surface area contributed by atoms with Crippen molar-refractivity contribution in [2.45, 2.75) is 231 Å². The van der Waals surface area contributed by atoms with Gasteiger partial charge in [-0.3, -0.25) is 4.79 Å². The number of amides is 1. The van der Waals surface area contributed by atoms with Gasteiger partial charge in [-0.2, -0.15) is 0 Å². The van der Waals surface area contributed by atoms with Crippen molar-refractivity contribution >= 4 is 5.91 Å². The van der Waals surface area contributed by atoms with Crippen molar-refractivity contribution in [2.75, 3.05) is 6.61 Å².